The number of aromatic nitrogens is 3. The highest BCUT2D eigenvalue weighted by Gasteiger charge is 2.11. The summed E-state index contributed by atoms with van der Waals surface area (Å²) in [6, 6.07) is 1.46. The van der Waals surface area contributed by atoms with Gasteiger partial charge < -0.3 is 5.11 Å². The number of nitrogens with zero attached hydrogens (tertiary/aromatic N) is 3. The first-order chi connectivity index (χ1) is 7.77. The maximum Gasteiger partial charge on any atom is 0.336 e. The van der Waals surface area contributed by atoms with Crippen LogP contribution >= 0.6 is 11.8 Å². The van der Waals surface area contributed by atoms with Crippen molar-refractivity contribution in [2.45, 2.75) is 9.92 Å². The number of aromatic carboxylic acids is 1. The van der Waals surface area contributed by atoms with E-state index in [9.17, 15) is 4.79 Å². The molecule has 5 nitrogen and oxygen atoms in total. The van der Waals surface area contributed by atoms with Crippen LogP contribution in [0, 0.1) is 0 Å². The predicted molar refractivity (Wildman–Crippen MR) is 57.4 cm³/mol. The maximum absolute atomic E-state index is 10.9. The van der Waals surface area contributed by atoms with Crippen molar-refractivity contribution in [1.82, 2.24) is 15.0 Å². The van der Waals surface area contributed by atoms with Crippen LogP contribution in [0.4, 0.5) is 0 Å². The van der Waals surface area contributed by atoms with Crippen molar-refractivity contribution < 1.29 is 9.90 Å². The molecule has 0 unspecified atom stereocenters. The van der Waals surface area contributed by atoms with Crippen LogP contribution in [0.2, 0.25) is 0 Å². The van der Waals surface area contributed by atoms with Gasteiger partial charge in [-0.1, -0.05) is 11.8 Å². The zero-order valence-electron chi connectivity index (χ0n) is 8.07. The number of hydrogen-bond donors (Lipinski definition) is 1. The van der Waals surface area contributed by atoms with Crippen molar-refractivity contribution in [3.05, 3.63) is 42.6 Å². The van der Waals surface area contributed by atoms with Crippen molar-refractivity contribution in [1.29, 1.82) is 0 Å². The van der Waals surface area contributed by atoms with Gasteiger partial charge in [-0.3, -0.25) is 9.97 Å². The van der Waals surface area contributed by atoms with Gasteiger partial charge in [0.2, 0.25) is 0 Å². The zero-order chi connectivity index (χ0) is 11.4. The molecule has 2 rings (SSSR count). The third-order valence-corrected chi connectivity index (χ3v) is 2.73. The van der Waals surface area contributed by atoms with Crippen molar-refractivity contribution in [3.63, 3.8) is 0 Å². The molecule has 16 heavy (non-hydrogen) atoms. The molecule has 0 aliphatic carbocycles. The second-order valence-corrected chi connectivity index (χ2v) is 3.88. The fourth-order valence-corrected chi connectivity index (χ4v) is 1.92. The molecule has 2 aromatic heterocycles. The lowest BCUT2D eigenvalue weighted by Gasteiger charge is -2.03. The SMILES string of the molecule is O=C(O)c1ccncc1Sc1cnccn1. The standard InChI is InChI=1S/C10H7N3O2S/c14-10(15)7-1-2-11-5-8(7)16-9-6-12-3-4-13-9/h1-6H,(H,14,15). The molecule has 6 heteroatoms. The average molecular weight is 233 g/mol. The Balaban J connectivity index is 2.31. The third-order valence-electron chi connectivity index (χ3n) is 1.77. The monoisotopic (exact) mass is 233 g/mol. The van der Waals surface area contributed by atoms with Gasteiger partial charge in [-0.25, -0.2) is 9.78 Å². The molecule has 0 aliphatic heterocycles. The van der Waals surface area contributed by atoms with Crippen molar-refractivity contribution in [2.24, 2.45) is 0 Å². The first-order valence-corrected chi connectivity index (χ1v) is 5.20. The molecule has 2 heterocycles. The summed E-state index contributed by atoms with van der Waals surface area (Å²) >= 11 is 1.23. The van der Waals surface area contributed by atoms with Gasteiger partial charge in [-0.05, 0) is 6.07 Å². The Morgan fingerprint density at radius 1 is 1.19 bits per heavy atom. The van der Waals surface area contributed by atoms with E-state index in [0.717, 1.165) is 0 Å². The Kier molecular flexibility index (Phi) is 3.11. The molecular formula is C10H7N3O2S. The maximum atomic E-state index is 10.9. The Labute approximate surface area is 95.6 Å². The summed E-state index contributed by atoms with van der Waals surface area (Å²) in [6.45, 7) is 0. The summed E-state index contributed by atoms with van der Waals surface area (Å²) < 4.78 is 0. The van der Waals surface area contributed by atoms with E-state index in [1.807, 2.05) is 0 Å². The van der Waals surface area contributed by atoms with E-state index < -0.39 is 5.97 Å². The van der Waals surface area contributed by atoms with Crippen LogP contribution in [-0.4, -0.2) is 26.0 Å². The fraction of sp³-hybridized carbons (Fsp3) is 0. The highest BCUT2D eigenvalue weighted by Crippen LogP contribution is 2.27. The second kappa shape index (κ2) is 4.71. The van der Waals surface area contributed by atoms with Crippen LogP contribution in [0.3, 0.4) is 0 Å². The molecule has 0 atom stereocenters. The molecule has 0 aliphatic rings. The van der Waals surface area contributed by atoms with Crippen molar-refractivity contribution in [2.75, 3.05) is 0 Å². The number of carboxylic acids is 1. The first-order valence-electron chi connectivity index (χ1n) is 4.38. The van der Waals surface area contributed by atoms with Crippen LogP contribution in [0.1, 0.15) is 10.4 Å². The van der Waals surface area contributed by atoms with Gasteiger partial charge in [0, 0.05) is 29.7 Å². The number of carbonyl (C=O) groups is 1. The molecule has 0 aromatic carbocycles. The minimum atomic E-state index is -0.978. The van der Waals surface area contributed by atoms with Gasteiger partial charge in [-0.15, -0.1) is 0 Å². The number of carboxylic acid groups (broad SMARTS) is 1. The number of rotatable bonds is 3. The summed E-state index contributed by atoms with van der Waals surface area (Å²) in [5, 5.41) is 9.60. The van der Waals surface area contributed by atoms with E-state index in [4.69, 9.17) is 5.11 Å². The molecule has 0 spiro atoms. The van der Waals surface area contributed by atoms with Crippen LogP contribution in [-0.2, 0) is 0 Å². The van der Waals surface area contributed by atoms with Crippen LogP contribution < -0.4 is 0 Å². The van der Waals surface area contributed by atoms with Crippen molar-refractivity contribution >= 4 is 17.7 Å². The Hall–Kier alpha value is -1.95. The summed E-state index contributed by atoms with van der Waals surface area (Å²) in [7, 11) is 0. The molecule has 0 bridgehead atoms. The summed E-state index contributed by atoms with van der Waals surface area (Å²) in [4.78, 5) is 23.3. The van der Waals surface area contributed by atoms with E-state index in [-0.39, 0.29) is 5.56 Å². The molecular weight excluding hydrogens is 226 g/mol. The number of hydrogen-bond acceptors (Lipinski definition) is 5. The second-order valence-electron chi connectivity index (χ2n) is 2.82. The summed E-state index contributed by atoms with van der Waals surface area (Å²) in [5.41, 5.74) is 0.214. The molecule has 0 saturated carbocycles. The largest absolute Gasteiger partial charge is 0.478 e. The van der Waals surface area contributed by atoms with E-state index in [2.05, 4.69) is 15.0 Å². The van der Waals surface area contributed by atoms with Gasteiger partial charge in [-0.2, -0.15) is 0 Å². The lowest BCUT2D eigenvalue weighted by molar-refractivity contribution is 0.0693. The topological polar surface area (TPSA) is 76.0 Å². The van der Waals surface area contributed by atoms with E-state index >= 15 is 0 Å². The molecule has 0 saturated heterocycles. The number of pyridine rings is 1. The quantitative estimate of drug-likeness (QED) is 0.869. The molecule has 80 valence electrons. The Bertz CT molecular complexity index is 504. The fourth-order valence-electron chi connectivity index (χ4n) is 1.09. The van der Waals surface area contributed by atoms with Crippen LogP contribution in [0.15, 0.2) is 47.0 Å². The van der Waals surface area contributed by atoms with E-state index in [1.165, 1.54) is 30.2 Å². The summed E-state index contributed by atoms with van der Waals surface area (Å²) in [5.74, 6) is -0.978. The predicted octanol–water partition coefficient (Wildman–Crippen LogP) is 1.72. The first kappa shape index (κ1) is 10.6. The minimum absolute atomic E-state index is 0.214. The molecule has 0 radical (unpaired) electrons. The smallest absolute Gasteiger partial charge is 0.336 e. The third kappa shape index (κ3) is 2.34. The van der Waals surface area contributed by atoms with Gasteiger partial charge in [0.25, 0.3) is 0 Å². The lowest BCUT2D eigenvalue weighted by Crippen LogP contribution is -1.99. The molecule has 1 N–H and O–H groups in total. The minimum Gasteiger partial charge on any atom is -0.478 e. The molecule has 0 amide bonds. The molecule has 0 fully saturated rings. The normalized spacial score (nSPS) is 10.0. The van der Waals surface area contributed by atoms with E-state index in [0.29, 0.717) is 9.92 Å². The lowest BCUT2D eigenvalue weighted by atomic mass is 10.3. The van der Waals surface area contributed by atoms with Crippen LogP contribution in [0.5, 0.6) is 0 Å². The van der Waals surface area contributed by atoms with Crippen LogP contribution in [0.25, 0.3) is 0 Å². The van der Waals surface area contributed by atoms with Gasteiger partial charge >= 0.3 is 5.97 Å². The molecule has 2 aromatic rings. The Morgan fingerprint density at radius 3 is 2.69 bits per heavy atom. The highest BCUT2D eigenvalue weighted by molar-refractivity contribution is 7.99. The van der Waals surface area contributed by atoms with Gasteiger partial charge in [0.1, 0.15) is 5.03 Å². The van der Waals surface area contributed by atoms with Crippen molar-refractivity contribution in [3.8, 4) is 0 Å². The average Bonchev–Trinajstić information content (AvgIpc) is 2.31. The highest BCUT2D eigenvalue weighted by atomic mass is 32.2. The van der Waals surface area contributed by atoms with Gasteiger partial charge in [0.15, 0.2) is 0 Å². The summed E-state index contributed by atoms with van der Waals surface area (Å²) in [6.07, 6.45) is 7.64. The van der Waals surface area contributed by atoms with E-state index in [1.54, 1.807) is 18.6 Å². The zero-order valence-corrected chi connectivity index (χ0v) is 8.89. The Morgan fingerprint density at radius 2 is 2.00 bits per heavy atom. The van der Waals surface area contributed by atoms with Gasteiger partial charge in [0.05, 0.1) is 11.8 Å².